The van der Waals surface area contributed by atoms with Gasteiger partial charge in [-0.3, -0.25) is 4.40 Å². The molecule has 0 radical (unpaired) electrons. The molecule has 0 fully saturated rings. The van der Waals surface area contributed by atoms with Crippen LogP contribution in [-0.4, -0.2) is 36.6 Å². The van der Waals surface area contributed by atoms with Crippen LogP contribution < -0.4 is 0 Å². The van der Waals surface area contributed by atoms with Gasteiger partial charge in [-0.25, -0.2) is 18.2 Å². The van der Waals surface area contributed by atoms with Gasteiger partial charge in [-0.15, -0.1) is 11.3 Å². The Labute approximate surface area is 137 Å². The Morgan fingerprint density at radius 2 is 2.00 bits per heavy atom. The van der Waals surface area contributed by atoms with Crippen LogP contribution in [0.1, 0.15) is 17.4 Å². The summed E-state index contributed by atoms with van der Waals surface area (Å²) in [5, 5.41) is 1.86. The topological polar surface area (TPSA) is 77.7 Å². The van der Waals surface area contributed by atoms with Gasteiger partial charge in [-0.1, -0.05) is 0 Å². The number of esters is 1. The van der Waals surface area contributed by atoms with Crippen molar-refractivity contribution in [2.45, 2.75) is 11.8 Å². The zero-order chi connectivity index (χ0) is 16.6. The third-order valence-electron chi connectivity index (χ3n) is 3.27. The molecule has 2 aromatic heterocycles. The molecule has 2 heterocycles. The average Bonchev–Trinajstić information content (AvgIpc) is 3.08. The predicted octanol–water partition coefficient (Wildman–Crippen LogP) is 2.64. The number of hydrogen-bond donors (Lipinski definition) is 0. The van der Waals surface area contributed by atoms with Crippen molar-refractivity contribution in [3.63, 3.8) is 0 Å². The summed E-state index contributed by atoms with van der Waals surface area (Å²) in [7, 11) is -3.25. The van der Waals surface area contributed by atoms with Gasteiger partial charge < -0.3 is 4.74 Å². The molecule has 6 nitrogen and oxygen atoms in total. The maximum absolute atomic E-state index is 12.0. The standard InChI is InChI=1S/C15H14N2O4S2/c1-3-21-15(18)12-14-17(8-9-22-14)13(16-12)10-4-6-11(7-5-10)23(2,19)20/h4-9H,3H2,1-2H3. The van der Waals surface area contributed by atoms with E-state index in [1.54, 1.807) is 23.5 Å². The molecule has 0 saturated heterocycles. The Balaban J connectivity index is 2.10. The van der Waals surface area contributed by atoms with Gasteiger partial charge in [0, 0.05) is 23.4 Å². The molecule has 1 aromatic carbocycles. The largest absolute Gasteiger partial charge is 0.461 e. The minimum Gasteiger partial charge on any atom is -0.461 e. The highest BCUT2D eigenvalue weighted by Crippen LogP contribution is 2.27. The van der Waals surface area contributed by atoms with E-state index in [9.17, 15) is 13.2 Å². The molecule has 120 valence electrons. The minimum atomic E-state index is -3.25. The second-order valence-corrected chi connectivity index (χ2v) is 7.79. The van der Waals surface area contributed by atoms with Gasteiger partial charge in [0.15, 0.2) is 15.5 Å². The van der Waals surface area contributed by atoms with E-state index in [0.717, 1.165) is 11.8 Å². The highest BCUT2D eigenvalue weighted by atomic mass is 32.2. The number of carbonyl (C=O) groups excluding carboxylic acids is 1. The van der Waals surface area contributed by atoms with Crippen molar-refractivity contribution in [3.05, 3.63) is 41.5 Å². The lowest BCUT2D eigenvalue weighted by Gasteiger charge is -2.01. The molecule has 0 aliphatic heterocycles. The average molecular weight is 350 g/mol. The number of thiazole rings is 1. The predicted molar refractivity (Wildman–Crippen MR) is 87.6 cm³/mol. The normalized spacial score (nSPS) is 11.7. The van der Waals surface area contributed by atoms with E-state index in [2.05, 4.69) is 4.98 Å². The molecule has 8 heteroatoms. The molecule has 0 N–H and O–H groups in total. The molecule has 0 unspecified atom stereocenters. The summed E-state index contributed by atoms with van der Waals surface area (Å²) in [6, 6.07) is 6.42. The highest BCUT2D eigenvalue weighted by molar-refractivity contribution is 7.90. The fourth-order valence-corrected chi connectivity index (χ4v) is 3.66. The first-order valence-electron chi connectivity index (χ1n) is 6.85. The minimum absolute atomic E-state index is 0.241. The van der Waals surface area contributed by atoms with Gasteiger partial charge in [-0.05, 0) is 31.2 Å². The van der Waals surface area contributed by atoms with Crippen molar-refractivity contribution in [2.75, 3.05) is 12.9 Å². The second kappa shape index (κ2) is 5.78. The van der Waals surface area contributed by atoms with E-state index >= 15 is 0 Å². The number of aromatic nitrogens is 2. The highest BCUT2D eigenvalue weighted by Gasteiger charge is 2.20. The molecule has 0 saturated carbocycles. The number of fused-ring (bicyclic) bond motifs is 1. The molecular weight excluding hydrogens is 336 g/mol. The molecule has 3 rings (SSSR count). The summed E-state index contributed by atoms with van der Waals surface area (Å²) < 4.78 is 29.9. The third kappa shape index (κ3) is 2.87. The van der Waals surface area contributed by atoms with Crippen LogP contribution in [0.5, 0.6) is 0 Å². The van der Waals surface area contributed by atoms with Crippen LogP contribution in [-0.2, 0) is 14.6 Å². The van der Waals surface area contributed by atoms with Crippen LogP contribution in [0.15, 0.2) is 40.7 Å². The first-order chi connectivity index (χ1) is 10.9. The monoisotopic (exact) mass is 350 g/mol. The summed E-state index contributed by atoms with van der Waals surface area (Å²) in [4.78, 5) is 17.3. The number of sulfone groups is 1. The summed E-state index contributed by atoms with van der Waals surface area (Å²) in [5.74, 6) is 0.107. The summed E-state index contributed by atoms with van der Waals surface area (Å²) in [6.45, 7) is 2.02. The van der Waals surface area contributed by atoms with E-state index in [4.69, 9.17) is 4.74 Å². The van der Waals surface area contributed by atoms with Crippen LogP contribution >= 0.6 is 11.3 Å². The molecule has 0 aliphatic carbocycles. The van der Waals surface area contributed by atoms with E-state index in [1.807, 2.05) is 11.6 Å². The van der Waals surface area contributed by atoms with Crippen molar-refractivity contribution in [1.82, 2.24) is 9.38 Å². The van der Waals surface area contributed by atoms with Crippen LogP contribution in [0, 0.1) is 0 Å². The van der Waals surface area contributed by atoms with Crippen LogP contribution in [0.2, 0.25) is 0 Å². The van der Waals surface area contributed by atoms with E-state index in [0.29, 0.717) is 10.7 Å². The van der Waals surface area contributed by atoms with Crippen molar-refractivity contribution in [1.29, 1.82) is 0 Å². The molecule has 0 bridgehead atoms. The van der Waals surface area contributed by atoms with Crippen molar-refractivity contribution >= 4 is 32.0 Å². The van der Waals surface area contributed by atoms with Gasteiger partial charge in [0.05, 0.1) is 11.5 Å². The lowest BCUT2D eigenvalue weighted by atomic mass is 10.2. The van der Waals surface area contributed by atoms with Crippen LogP contribution in [0.25, 0.3) is 16.2 Å². The maximum atomic E-state index is 12.0. The van der Waals surface area contributed by atoms with Gasteiger partial charge in [0.2, 0.25) is 0 Å². The van der Waals surface area contributed by atoms with Crippen molar-refractivity contribution in [3.8, 4) is 11.4 Å². The molecule has 0 amide bonds. The van der Waals surface area contributed by atoms with Gasteiger partial charge in [0.1, 0.15) is 10.7 Å². The summed E-state index contributed by atoms with van der Waals surface area (Å²) in [5.41, 5.74) is 0.991. The Morgan fingerprint density at radius 1 is 1.30 bits per heavy atom. The van der Waals surface area contributed by atoms with Gasteiger partial charge in [0.25, 0.3) is 0 Å². The third-order valence-corrected chi connectivity index (χ3v) is 5.27. The van der Waals surface area contributed by atoms with E-state index in [-0.39, 0.29) is 17.2 Å². The lowest BCUT2D eigenvalue weighted by molar-refractivity contribution is 0.0523. The van der Waals surface area contributed by atoms with Crippen molar-refractivity contribution in [2.24, 2.45) is 0 Å². The molecule has 0 aliphatic rings. The maximum Gasteiger partial charge on any atom is 0.360 e. The van der Waals surface area contributed by atoms with E-state index in [1.165, 1.54) is 23.5 Å². The lowest BCUT2D eigenvalue weighted by Crippen LogP contribution is -2.05. The smallest absolute Gasteiger partial charge is 0.360 e. The molecule has 0 atom stereocenters. The van der Waals surface area contributed by atoms with Crippen LogP contribution in [0.3, 0.4) is 0 Å². The fourth-order valence-electron chi connectivity index (χ4n) is 2.21. The summed E-state index contributed by atoms with van der Waals surface area (Å²) in [6.07, 6.45) is 2.98. The Bertz CT molecular complexity index is 969. The number of carbonyl (C=O) groups is 1. The number of imidazole rings is 1. The van der Waals surface area contributed by atoms with Gasteiger partial charge in [-0.2, -0.15) is 0 Å². The van der Waals surface area contributed by atoms with Crippen LogP contribution in [0.4, 0.5) is 0 Å². The first-order valence-corrected chi connectivity index (χ1v) is 9.62. The number of rotatable bonds is 4. The SMILES string of the molecule is CCOC(=O)c1nc(-c2ccc(S(C)(=O)=O)cc2)n2ccsc12. The van der Waals surface area contributed by atoms with E-state index < -0.39 is 15.8 Å². The zero-order valence-corrected chi connectivity index (χ0v) is 14.1. The fraction of sp³-hybridized carbons (Fsp3) is 0.200. The number of hydrogen-bond acceptors (Lipinski definition) is 6. The molecule has 0 spiro atoms. The Hall–Kier alpha value is -2.19. The number of ether oxygens (including phenoxy) is 1. The van der Waals surface area contributed by atoms with Crippen molar-refractivity contribution < 1.29 is 17.9 Å². The first kappa shape index (κ1) is 15.7. The molecule has 23 heavy (non-hydrogen) atoms. The number of nitrogens with zero attached hydrogens (tertiary/aromatic N) is 2. The number of benzene rings is 1. The quantitative estimate of drug-likeness (QED) is 0.676. The molecular formula is C15H14N2O4S2. The second-order valence-electron chi connectivity index (χ2n) is 4.88. The molecule has 3 aromatic rings. The summed E-state index contributed by atoms with van der Waals surface area (Å²) >= 11 is 1.39. The van der Waals surface area contributed by atoms with Gasteiger partial charge >= 0.3 is 5.97 Å². The zero-order valence-electron chi connectivity index (χ0n) is 12.5. The Kier molecular flexibility index (Phi) is 3.95. The Morgan fingerprint density at radius 3 is 2.61 bits per heavy atom.